The molecule has 6 heteroatoms. The summed E-state index contributed by atoms with van der Waals surface area (Å²) < 4.78 is 13.8. The van der Waals surface area contributed by atoms with Gasteiger partial charge in [-0.25, -0.2) is 4.39 Å². The molecule has 1 saturated heterocycles. The lowest BCUT2D eigenvalue weighted by Gasteiger charge is -2.29. The van der Waals surface area contributed by atoms with Gasteiger partial charge in [-0.15, -0.1) is 11.8 Å². The molecule has 28 heavy (non-hydrogen) atoms. The van der Waals surface area contributed by atoms with E-state index < -0.39 is 6.04 Å². The van der Waals surface area contributed by atoms with Gasteiger partial charge in [-0.3, -0.25) is 9.59 Å². The third-order valence-corrected chi connectivity index (χ3v) is 6.16. The molecule has 2 amide bonds. The molecule has 3 atom stereocenters. The molecule has 3 unspecified atom stereocenters. The molecule has 2 N–H and O–H groups in total. The fourth-order valence-electron chi connectivity index (χ4n) is 3.19. The molecule has 1 fully saturated rings. The molecule has 0 aliphatic carbocycles. The Kier molecular flexibility index (Phi) is 7.09. The van der Waals surface area contributed by atoms with Crippen LogP contribution in [0, 0.1) is 5.82 Å². The van der Waals surface area contributed by atoms with Gasteiger partial charge >= 0.3 is 0 Å². The smallest absolute Gasteiger partial charge is 0.243 e. The van der Waals surface area contributed by atoms with Crippen molar-refractivity contribution in [2.45, 2.75) is 43.5 Å². The van der Waals surface area contributed by atoms with E-state index in [1.807, 2.05) is 25.1 Å². The van der Waals surface area contributed by atoms with E-state index in [2.05, 4.69) is 22.8 Å². The van der Waals surface area contributed by atoms with Crippen LogP contribution in [0.15, 0.2) is 54.6 Å². The van der Waals surface area contributed by atoms with Gasteiger partial charge in [0, 0.05) is 11.8 Å². The Morgan fingerprint density at radius 2 is 1.93 bits per heavy atom. The number of nitrogens with one attached hydrogen (secondary N) is 2. The van der Waals surface area contributed by atoms with Crippen molar-refractivity contribution >= 4 is 23.6 Å². The summed E-state index contributed by atoms with van der Waals surface area (Å²) in [5.74, 6) is -0.187. The highest BCUT2D eigenvalue weighted by atomic mass is 32.2. The number of hydrogen-bond acceptors (Lipinski definition) is 3. The highest BCUT2D eigenvalue weighted by Gasteiger charge is 2.33. The van der Waals surface area contributed by atoms with Crippen LogP contribution in [0.1, 0.15) is 24.5 Å². The molecule has 0 bridgehead atoms. The van der Waals surface area contributed by atoms with Crippen molar-refractivity contribution < 1.29 is 14.0 Å². The fraction of sp³-hybridized carbons (Fsp3) is 0.364. The van der Waals surface area contributed by atoms with E-state index >= 15 is 0 Å². The fourth-order valence-corrected chi connectivity index (χ4v) is 4.37. The molecule has 2 aromatic carbocycles. The van der Waals surface area contributed by atoms with Gasteiger partial charge in [0.25, 0.3) is 0 Å². The Morgan fingerprint density at radius 1 is 1.21 bits per heavy atom. The molecule has 0 spiro atoms. The second kappa shape index (κ2) is 9.73. The Balaban J connectivity index is 1.46. The van der Waals surface area contributed by atoms with Gasteiger partial charge in [0.05, 0.1) is 5.25 Å². The largest absolute Gasteiger partial charge is 0.352 e. The summed E-state index contributed by atoms with van der Waals surface area (Å²) in [5.41, 5.74) is 1.76. The molecule has 1 aliphatic heterocycles. The Labute approximate surface area is 169 Å². The number of carbonyl (C=O) groups is 2. The molecule has 1 heterocycles. The van der Waals surface area contributed by atoms with Crippen molar-refractivity contribution in [1.29, 1.82) is 0 Å². The van der Waals surface area contributed by atoms with Crippen LogP contribution in [0.25, 0.3) is 0 Å². The van der Waals surface area contributed by atoms with Crippen molar-refractivity contribution in [3.05, 3.63) is 71.5 Å². The first-order valence-electron chi connectivity index (χ1n) is 9.52. The van der Waals surface area contributed by atoms with E-state index in [-0.39, 0.29) is 28.9 Å². The number of benzene rings is 2. The molecular weight excluding hydrogens is 375 g/mol. The van der Waals surface area contributed by atoms with E-state index in [0.717, 1.165) is 12.8 Å². The summed E-state index contributed by atoms with van der Waals surface area (Å²) in [6.07, 6.45) is 2.04. The predicted octanol–water partition coefficient (Wildman–Crippen LogP) is 3.11. The first kappa shape index (κ1) is 20.4. The standard InChI is InChI=1S/C22H25FN2O2S/c1-15(11-12-16-7-3-2-4-8-16)24-21(26)19-14-28-20(22(27)25-19)13-17-9-5-6-10-18(17)23/h2-10,15,19-20H,11-14H2,1H3,(H,24,26)(H,25,27). The number of amides is 2. The molecule has 0 radical (unpaired) electrons. The van der Waals surface area contributed by atoms with E-state index in [1.54, 1.807) is 18.2 Å². The van der Waals surface area contributed by atoms with Gasteiger partial charge in [0.15, 0.2) is 0 Å². The maximum atomic E-state index is 13.8. The van der Waals surface area contributed by atoms with Gasteiger partial charge in [0.1, 0.15) is 11.9 Å². The highest BCUT2D eigenvalue weighted by molar-refractivity contribution is 8.00. The topological polar surface area (TPSA) is 58.2 Å². The van der Waals surface area contributed by atoms with Crippen LogP contribution in [0.4, 0.5) is 4.39 Å². The van der Waals surface area contributed by atoms with Crippen LogP contribution in [0.2, 0.25) is 0 Å². The summed E-state index contributed by atoms with van der Waals surface area (Å²) >= 11 is 1.41. The zero-order chi connectivity index (χ0) is 19.9. The summed E-state index contributed by atoms with van der Waals surface area (Å²) in [5, 5.41) is 5.40. The zero-order valence-corrected chi connectivity index (χ0v) is 16.7. The van der Waals surface area contributed by atoms with Crippen LogP contribution < -0.4 is 10.6 Å². The Hall–Kier alpha value is -2.34. The molecule has 2 aromatic rings. The van der Waals surface area contributed by atoms with Gasteiger partial charge in [-0.05, 0) is 43.4 Å². The van der Waals surface area contributed by atoms with Crippen molar-refractivity contribution in [2.75, 3.05) is 5.75 Å². The normalized spacial score (nSPS) is 20.3. The summed E-state index contributed by atoms with van der Waals surface area (Å²) in [7, 11) is 0. The Morgan fingerprint density at radius 3 is 2.64 bits per heavy atom. The minimum Gasteiger partial charge on any atom is -0.352 e. The van der Waals surface area contributed by atoms with Gasteiger partial charge in [0.2, 0.25) is 11.8 Å². The number of halogens is 1. The second-order valence-corrected chi connectivity index (χ2v) is 8.35. The minimum atomic E-state index is -0.548. The van der Waals surface area contributed by atoms with E-state index in [9.17, 15) is 14.0 Å². The predicted molar refractivity (Wildman–Crippen MR) is 111 cm³/mol. The lowest BCUT2D eigenvalue weighted by Crippen LogP contribution is -2.55. The summed E-state index contributed by atoms with van der Waals surface area (Å²) in [4.78, 5) is 24.9. The minimum absolute atomic E-state index is 0.0192. The summed E-state index contributed by atoms with van der Waals surface area (Å²) in [6.45, 7) is 1.97. The zero-order valence-electron chi connectivity index (χ0n) is 15.9. The number of aryl methyl sites for hydroxylation is 1. The lowest BCUT2D eigenvalue weighted by molar-refractivity contribution is -0.129. The van der Waals surface area contributed by atoms with Crippen molar-refractivity contribution in [1.82, 2.24) is 10.6 Å². The number of thioether (sulfide) groups is 1. The number of carbonyl (C=O) groups excluding carboxylic acids is 2. The van der Waals surface area contributed by atoms with Crippen LogP contribution in [-0.2, 0) is 22.4 Å². The van der Waals surface area contributed by atoms with Gasteiger partial charge in [-0.2, -0.15) is 0 Å². The van der Waals surface area contributed by atoms with Crippen LogP contribution >= 0.6 is 11.8 Å². The molecule has 1 aliphatic rings. The SMILES string of the molecule is CC(CCc1ccccc1)NC(=O)C1CSC(Cc2ccccc2F)C(=O)N1. The first-order valence-corrected chi connectivity index (χ1v) is 10.6. The maximum Gasteiger partial charge on any atom is 0.243 e. The van der Waals surface area contributed by atoms with Crippen LogP contribution in [0.5, 0.6) is 0 Å². The van der Waals surface area contributed by atoms with Crippen molar-refractivity contribution in [3.8, 4) is 0 Å². The van der Waals surface area contributed by atoms with Gasteiger partial charge < -0.3 is 10.6 Å². The van der Waals surface area contributed by atoms with E-state index in [1.165, 1.54) is 23.4 Å². The molecule has 3 rings (SSSR count). The quantitative estimate of drug-likeness (QED) is 0.751. The molecule has 0 aromatic heterocycles. The second-order valence-electron chi connectivity index (χ2n) is 7.11. The number of hydrogen-bond donors (Lipinski definition) is 2. The molecule has 4 nitrogen and oxygen atoms in total. The van der Waals surface area contributed by atoms with Gasteiger partial charge in [-0.1, -0.05) is 48.5 Å². The Bertz CT molecular complexity index is 815. The summed E-state index contributed by atoms with van der Waals surface area (Å²) in [6, 6.07) is 16.1. The average molecular weight is 401 g/mol. The first-order chi connectivity index (χ1) is 13.5. The van der Waals surface area contributed by atoms with Crippen molar-refractivity contribution in [3.63, 3.8) is 0 Å². The molecule has 148 valence electrons. The third kappa shape index (κ3) is 5.58. The average Bonchev–Trinajstić information content (AvgIpc) is 2.70. The number of rotatable bonds is 7. The van der Waals surface area contributed by atoms with Crippen LogP contribution in [0.3, 0.4) is 0 Å². The van der Waals surface area contributed by atoms with Crippen LogP contribution in [-0.4, -0.2) is 34.9 Å². The highest BCUT2D eigenvalue weighted by Crippen LogP contribution is 2.23. The van der Waals surface area contributed by atoms with Crippen molar-refractivity contribution in [2.24, 2.45) is 0 Å². The van der Waals surface area contributed by atoms with E-state index in [4.69, 9.17) is 0 Å². The monoisotopic (exact) mass is 400 g/mol. The maximum absolute atomic E-state index is 13.8. The molecular formula is C22H25FN2O2S. The third-order valence-electron chi connectivity index (χ3n) is 4.85. The molecule has 0 saturated carbocycles. The lowest BCUT2D eigenvalue weighted by atomic mass is 10.1. The van der Waals surface area contributed by atoms with E-state index in [0.29, 0.717) is 17.7 Å².